The average Bonchev–Trinajstić information content (AvgIpc) is 3.01. The number of fused-ring (bicyclic) bond motifs is 1. The van der Waals surface area contributed by atoms with Crippen LogP contribution in [0.2, 0.25) is 0 Å². The average molecular weight is 322 g/mol. The van der Waals surface area contributed by atoms with Crippen LogP contribution in [0.5, 0.6) is 0 Å². The molecule has 1 saturated heterocycles. The zero-order valence-electron chi connectivity index (χ0n) is 13.5. The van der Waals surface area contributed by atoms with Crippen molar-refractivity contribution < 1.29 is 4.79 Å². The van der Waals surface area contributed by atoms with Crippen molar-refractivity contribution in [2.24, 2.45) is 0 Å². The first-order valence-corrected chi connectivity index (χ1v) is 7.97. The molecule has 24 heavy (non-hydrogen) atoms. The van der Waals surface area contributed by atoms with Gasteiger partial charge in [-0.1, -0.05) is 0 Å². The minimum atomic E-state index is 0.0479. The number of aromatic nitrogens is 4. The number of carbonyl (C=O) groups is 1. The van der Waals surface area contributed by atoms with Gasteiger partial charge in [0.1, 0.15) is 5.65 Å². The quantitative estimate of drug-likeness (QED) is 0.713. The van der Waals surface area contributed by atoms with Crippen LogP contribution in [0.4, 0.5) is 5.95 Å². The molecule has 0 bridgehead atoms. The zero-order valence-corrected chi connectivity index (χ0v) is 13.5. The van der Waals surface area contributed by atoms with E-state index in [0.717, 1.165) is 30.4 Å². The van der Waals surface area contributed by atoms with E-state index in [-0.39, 0.29) is 5.91 Å². The summed E-state index contributed by atoms with van der Waals surface area (Å²) in [5, 5.41) is 0. The Morgan fingerprint density at radius 1 is 1.12 bits per heavy atom. The predicted octanol–water partition coefficient (Wildman–Crippen LogP) is 1.40. The van der Waals surface area contributed by atoms with Gasteiger partial charge in [-0.3, -0.25) is 4.79 Å². The number of pyridine rings is 1. The number of rotatable bonds is 2. The van der Waals surface area contributed by atoms with Crippen LogP contribution < -0.4 is 4.90 Å². The third-order valence-corrected chi connectivity index (χ3v) is 4.23. The Balaban J connectivity index is 1.47. The van der Waals surface area contributed by atoms with E-state index >= 15 is 0 Å². The highest BCUT2D eigenvalue weighted by Gasteiger charge is 2.23. The van der Waals surface area contributed by atoms with Gasteiger partial charge in [-0.2, -0.15) is 0 Å². The Bertz CT molecular complexity index is 867. The van der Waals surface area contributed by atoms with Gasteiger partial charge in [-0.05, 0) is 25.1 Å². The lowest BCUT2D eigenvalue weighted by molar-refractivity contribution is 0.0746. The minimum Gasteiger partial charge on any atom is -0.337 e. The smallest absolute Gasteiger partial charge is 0.254 e. The lowest BCUT2D eigenvalue weighted by Gasteiger charge is -2.34. The lowest BCUT2D eigenvalue weighted by atomic mass is 10.2. The number of carbonyl (C=O) groups excluding carboxylic acids is 1. The van der Waals surface area contributed by atoms with Gasteiger partial charge in [0.15, 0.2) is 0 Å². The van der Waals surface area contributed by atoms with E-state index in [1.165, 1.54) is 0 Å². The maximum atomic E-state index is 12.7. The Hall–Kier alpha value is -2.96. The van der Waals surface area contributed by atoms with Gasteiger partial charge in [-0.25, -0.2) is 15.0 Å². The highest BCUT2D eigenvalue weighted by Crippen LogP contribution is 2.14. The molecule has 1 amide bonds. The molecule has 7 nitrogen and oxygen atoms in total. The predicted molar refractivity (Wildman–Crippen MR) is 90.1 cm³/mol. The first-order valence-electron chi connectivity index (χ1n) is 7.97. The Kier molecular flexibility index (Phi) is 3.60. The third kappa shape index (κ3) is 2.68. The number of amides is 1. The van der Waals surface area contributed by atoms with Crippen LogP contribution in [-0.4, -0.2) is 56.3 Å². The summed E-state index contributed by atoms with van der Waals surface area (Å²) in [6.07, 6.45) is 7.31. The molecule has 4 heterocycles. The second-order valence-electron chi connectivity index (χ2n) is 5.89. The molecule has 7 heteroatoms. The summed E-state index contributed by atoms with van der Waals surface area (Å²) in [6.45, 7) is 4.74. The second kappa shape index (κ2) is 5.92. The highest BCUT2D eigenvalue weighted by atomic mass is 16.2. The molecule has 4 rings (SSSR count). The molecule has 1 aliphatic rings. The van der Waals surface area contributed by atoms with Gasteiger partial charge in [0, 0.05) is 56.5 Å². The fraction of sp³-hybridized carbons (Fsp3) is 0.294. The van der Waals surface area contributed by atoms with Crippen molar-refractivity contribution in [3.8, 4) is 0 Å². The fourth-order valence-corrected chi connectivity index (χ4v) is 2.99. The van der Waals surface area contributed by atoms with E-state index in [1.807, 2.05) is 40.8 Å². The van der Waals surface area contributed by atoms with Gasteiger partial charge in [-0.15, -0.1) is 0 Å². The van der Waals surface area contributed by atoms with Crippen LogP contribution in [0.15, 0.2) is 43.0 Å². The Labute approximate surface area is 139 Å². The van der Waals surface area contributed by atoms with E-state index in [2.05, 4.69) is 19.9 Å². The molecule has 0 spiro atoms. The molecule has 0 unspecified atom stereocenters. The van der Waals surface area contributed by atoms with E-state index in [0.29, 0.717) is 18.7 Å². The standard InChI is InChI=1S/C17H18N6O/c1-13-12-23-6-3-14(11-15(23)20-13)16(24)21-7-9-22(10-8-21)17-18-4-2-5-19-17/h2-6,11-12H,7-10H2,1H3. The topological polar surface area (TPSA) is 66.6 Å². The molecule has 122 valence electrons. The van der Waals surface area contributed by atoms with Crippen molar-refractivity contribution in [1.29, 1.82) is 0 Å². The molecule has 0 atom stereocenters. The first kappa shape index (κ1) is 14.6. The summed E-state index contributed by atoms with van der Waals surface area (Å²) in [5.41, 5.74) is 2.42. The highest BCUT2D eigenvalue weighted by molar-refractivity contribution is 5.95. The normalized spacial score (nSPS) is 15.0. The number of aryl methyl sites for hydroxylation is 1. The monoisotopic (exact) mass is 322 g/mol. The molecule has 3 aromatic rings. The minimum absolute atomic E-state index is 0.0479. The van der Waals surface area contributed by atoms with Crippen molar-refractivity contribution >= 4 is 17.5 Å². The van der Waals surface area contributed by atoms with Crippen molar-refractivity contribution in [2.45, 2.75) is 6.92 Å². The molecular weight excluding hydrogens is 304 g/mol. The summed E-state index contributed by atoms with van der Waals surface area (Å²) in [6, 6.07) is 5.50. The van der Waals surface area contributed by atoms with Gasteiger partial charge in [0.2, 0.25) is 5.95 Å². The van der Waals surface area contributed by atoms with Crippen molar-refractivity contribution in [2.75, 3.05) is 31.1 Å². The third-order valence-electron chi connectivity index (χ3n) is 4.23. The molecule has 0 aliphatic carbocycles. The van der Waals surface area contributed by atoms with Gasteiger partial charge < -0.3 is 14.2 Å². The molecule has 3 aromatic heterocycles. The van der Waals surface area contributed by atoms with E-state index < -0.39 is 0 Å². The number of imidazole rings is 1. The molecule has 0 radical (unpaired) electrons. The van der Waals surface area contributed by atoms with E-state index in [9.17, 15) is 4.79 Å². The molecule has 0 N–H and O–H groups in total. The number of nitrogens with zero attached hydrogens (tertiary/aromatic N) is 6. The van der Waals surface area contributed by atoms with Crippen LogP contribution in [0.3, 0.4) is 0 Å². The molecule has 0 aromatic carbocycles. The summed E-state index contributed by atoms with van der Waals surface area (Å²) in [4.78, 5) is 29.7. The van der Waals surface area contributed by atoms with E-state index in [1.54, 1.807) is 18.5 Å². The number of hydrogen-bond acceptors (Lipinski definition) is 5. The van der Waals surface area contributed by atoms with Crippen molar-refractivity contribution in [3.05, 3.63) is 54.2 Å². The van der Waals surface area contributed by atoms with Gasteiger partial charge in [0.25, 0.3) is 5.91 Å². The molecule has 1 aliphatic heterocycles. The van der Waals surface area contributed by atoms with Crippen LogP contribution >= 0.6 is 0 Å². The molecule has 0 saturated carbocycles. The van der Waals surface area contributed by atoms with Crippen LogP contribution in [0.25, 0.3) is 5.65 Å². The van der Waals surface area contributed by atoms with Gasteiger partial charge >= 0.3 is 0 Å². The maximum Gasteiger partial charge on any atom is 0.254 e. The van der Waals surface area contributed by atoms with Crippen LogP contribution in [0.1, 0.15) is 16.1 Å². The number of piperazine rings is 1. The van der Waals surface area contributed by atoms with Crippen LogP contribution in [-0.2, 0) is 0 Å². The summed E-state index contributed by atoms with van der Waals surface area (Å²) in [7, 11) is 0. The summed E-state index contributed by atoms with van der Waals surface area (Å²) in [5.74, 6) is 0.769. The second-order valence-corrected chi connectivity index (χ2v) is 5.89. The number of hydrogen-bond donors (Lipinski definition) is 0. The molecular formula is C17H18N6O. The number of anilines is 1. The lowest BCUT2D eigenvalue weighted by Crippen LogP contribution is -2.49. The summed E-state index contributed by atoms with van der Waals surface area (Å²) < 4.78 is 1.93. The fourth-order valence-electron chi connectivity index (χ4n) is 2.99. The largest absolute Gasteiger partial charge is 0.337 e. The summed E-state index contributed by atoms with van der Waals surface area (Å²) >= 11 is 0. The first-order chi connectivity index (χ1) is 11.7. The van der Waals surface area contributed by atoms with E-state index in [4.69, 9.17) is 0 Å². The van der Waals surface area contributed by atoms with Crippen molar-refractivity contribution in [3.63, 3.8) is 0 Å². The Morgan fingerprint density at radius 2 is 1.88 bits per heavy atom. The van der Waals surface area contributed by atoms with Gasteiger partial charge in [0.05, 0.1) is 5.69 Å². The Morgan fingerprint density at radius 3 is 2.62 bits per heavy atom. The SMILES string of the molecule is Cc1cn2ccc(C(=O)N3CCN(c4ncccn4)CC3)cc2n1. The van der Waals surface area contributed by atoms with Crippen LogP contribution in [0, 0.1) is 6.92 Å². The van der Waals surface area contributed by atoms with Crippen molar-refractivity contribution in [1.82, 2.24) is 24.3 Å². The molecule has 1 fully saturated rings. The zero-order chi connectivity index (χ0) is 16.5. The maximum absolute atomic E-state index is 12.7.